The molecular formula is C20H25FN4O3. The van der Waals surface area contributed by atoms with Gasteiger partial charge >= 0.3 is 0 Å². The van der Waals surface area contributed by atoms with Crippen molar-refractivity contribution in [3.63, 3.8) is 0 Å². The van der Waals surface area contributed by atoms with E-state index in [2.05, 4.69) is 10.3 Å². The molecule has 0 saturated carbocycles. The number of aliphatic imine (C=N–C) groups is 1. The highest BCUT2D eigenvalue weighted by atomic mass is 19.1. The molecule has 28 heavy (non-hydrogen) atoms. The zero-order valence-electron chi connectivity index (χ0n) is 16.1. The summed E-state index contributed by atoms with van der Waals surface area (Å²) in [5.41, 5.74) is 7.94. The zero-order chi connectivity index (χ0) is 19.9. The molecule has 2 aromatic rings. The normalized spacial score (nSPS) is 14.7. The van der Waals surface area contributed by atoms with Gasteiger partial charge in [0.15, 0.2) is 5.96 Å². The third kappa shape index (κ3) is 4.83. The van der Waals surface area contributed by atoms with Gasteiger partial charge < -0.3 is 30.2 Å². The highest BCUT2D eigenvalue weighted by Gasteiger charge is 2.15. The summed E-state index contributed by atoms with van der Waals surface area (Å²) in [5, 5.41) is 2.99. The number of nitrogens with two attached hydrogens (primary N) is 1. The Labute approximate surface area is 163 Å². The number of nitrogens with one attached hydrogen (secondary N) is 1. The van der Waals surface area contributed by atoms with Crippen LogP contribution in [0.1, 0.15) is 5.56 Å². The van der Waals surface area contributed by atoms with Gasteiger partial charge in [-0.15, -0.1) is 0 Å². The second kappa shape index (κ2) is 9.27. The molecule has 2 aromatic carbocycles. The van der Waals surface area contributed by atoms with Crippen molar-refractivity contribution in [3.05, 3.63) is 47.8 Å². The van der Waals surface area contributed by atoms with E-state index in [0.717, 1.165) is 5.56 Å². The van der Waals surface area contributed by atoms with E-state index >= 15 is 0 Å². The molecule has 1 fully saturated rings. The van der Waals surface area contributed by atoms with Gasteiger partial charge in [0.05, 0.1) is 45.4 Å². The second-order valence-electron chi connectivity index (χ2n) is 6.28. The number of rotatable bonds is 6. The molecule has 8 heteroatoms. The average Bonchev–Trinajstić information content (AvgIpc) is 2.73. The Morgan fingerprint density at radius 1 is 1.18 bits per heavy atom. The van der Waals surface area contributed by atoms with E-state index in [0.29, 0.717) is 49.2 Å². The van der Waals surface area contributed by atoms with Gasteiger partial charge in [0.2, 0.25) is 0 Å². The Kier molecular flexibility index (Phi) is 6.54. The van der Waals surface area contributed by atoms with E-state index in [4.69, 9.17) is 19.9 Å². The quantitative estimate of drug-likeness (QED) is 0.585. The molecule has 3 N–H and O–H groups in total. The van der Waals surface area contributed by atoms with Crippen molar-refractivity contribution in [2.45, 2.75) is 6.54 Å². The number of ether oxygens (including phenoxy) is 3. The maximum Gasteiger partial charge on any atom is 0.193 e. The van der Waals surface area contributed by atoms with Crippen LogP contribution in [0.15, 0.2) is 41.4 Å². The van der Waals surface area contributed by atoms with Gasteiger partial charge in [-0.05, 0) is 29.8 Å². The smallest absolute Gasteiger partial charge is 0.193 e. The van der Waals surface area contributed by atoms with Gasteiger partial charge in [0.1, 0.15) is 17.3 Å². The van der Waals surface area contributed by atoms with Crippen LogP contribution in [0.25, 0.3) is 0 Å². The van der Waals surface area contributed by atoms with Gasteiger partial charge in [0.25, 0.3) is 0 Å². The molecule has 1 aliphatic heterocycles. The molecular weight excluding hydrogens is 363 g/mol. The maximum absolute atomic E-state index is 14.5. The fourth-order valence-electron chi connectivity index (χ4n) is 2.98. The molecule has 0 aromatic heterocycles. The van der Waals surface area contributed by atoms with Crippen molar-refractivity contribution in [2.75, 3.05) is 50.7 Å². The van der Waals surface area contributed by atoms with Gasteiger partial charge in [0, 0.05) is 19.2 Å². The fourth-order valence-corrected chi connectivity index (χ4v) is 2.98. The monoisotopic (exact) mass is 388 g/mol. The molecule has 3 rings (SSSR count). The van der Waals surface area contributed by atoms with Crippen LogP contribution in [-0.4, -0.2) is 46.5 Å². The van der Waals surface area contributed by atoms with Crippen LogP contribution in [-0.2, 0) is 11.3 Å². The van der Waals surface area contributed by atoms with Crippen LogP contribution in [0.2, 0.25) is 0 Å². The number of benzene rings is 2. The van der Waals surface area contributed by atoms with Crippen LogP contribution in [0.3, 0.4) is 0 Å². The van der Waals surface area contributed by atoms with Crippen molar-refractivity contribution in [1.82, 2.24) is 0 Å². The van der Waals surface area contributed by atoms with Crippen LogP contribution < -0.4 is 25.4 Å². The summed E-state index contributed by atoms with van der Waals surface area (Å²) in [6, 6.07) is 10.5. The number of hydrogen-bond acceptors (Lipinski definition) is 5. The van der Waals surface area contributed by atoms with Crippen molar-refractivity contribution in [2.24, 2.45) is 10.7 Å². The Bertz CT molecular complexity index is 838. The number of nitrogens with zero attached hydrogens (tertiary/aromatic N) is 2. The third-order valence-electron chi connectivity index (χ3n) is 4.47. The van der Waals surface area contributed by atoms with Gasteiger partial charge in [-0.2, -0.15) is 0 Å². The average molecular weight is 388 g/mol. The molecule has 0 bridgehead atoms. The summed E-state index contributed by atoms with van der Waals surface area (Å²) in [5.74, 6) is 1.21. The van der Waals surface area contributed by atoms with Crippen molar-refractivity contribution >= 4 is 17.3 Å². The summed E-state index contributed by atoms with van der Waals surface area (Å²) in [6.45, 7) is 2.86. The molecule has 0 unspecified atom stereocenters. The van der Waals surface area contributed by atoms with E-state index in [9.17, 15) is 4.39 Å². The van der Waals surface area contributed by atoms with Crippen LogP contribution in [0.4, 0.5) is 15.8 Å². The number of guanidine groups is 1. The fraction of sp³-hybridized carbons (Fsp3) is 0.350. The number of halogens is 1. The van der Waals surface area contributed by atoms with E-state index in [-0.39, 0.29) is 18.3 Å². The number of morpholine rings is 1. The lowest BCUT2D eigenvalue weighted by atomic mass is 10.1. The lowest BCUT2D eigenvalue weighted by molar-refractivity contribution is 0.122. The van der Waals surface area contributed by atoms with Gasteiger partial charge in [-0.25, -0.2) is 9.38 Å². The largest absolute Gasteiger partial charge is 0.497 e. The Morgan fingerprint density at radius 3 is 2.64 bits per heavy atom. The summed E-state index contributed by atoms with van der Waals surface area (Å²) < 4.78 is 30.3. The minimum absolute atomic E-state index is 0.198. The Morgan fingerprint density at radius 2 is 1.96 bits per heavy atom. The number of hydrogen-bond donors (Lipinski definition) is 2. The molecule has 150 valence electrons. The third-order valence-corrected chi connectivity index (χ3v) is 4.47. The van der Waals surface area contributed by atoms with E-state index in [1.807, 2.05) is 11.0 Å². The maximum atomic E-state index is 14.5. The molecule has 1 aliphatic rings. The van der Waals surface area contributed by atoms with Crippen molar-refractivity contribution < 1.29 is 18.6 Å². The predicted octanol–water partition coefficient (Wildman–Crippen LogP) is 2.61. The topological polar surface area (TPSA) is 81.3 Å². The van der Waals surface area contributed by atoms with Crippen molar-refractivity contribution in [1.29, 1.82) is 0 Å². The highest BCUT2D eigenvalue weighted by Crippen LogP contribution is 2.28. The van der Waals surface area contributed by atoms with Crippen molar-refractivity contribution in [3.8, 4) is 11.5 Å². The standard InChI is InChI=1S/C20H25FN4O3/c1-26-15-4-6-19(27-2)17(12-15)24-20(22)23-13-14-3-5-18(16(21)11-14)25-7-9-28-10-8-25/h3-6,11-12H,7-10,13H2,1-2H3,(H3,22,23,24). The Hall–Kier alpha value is -3.00. The van der Waals surface area contributed by atoms with Crippen LogP contribution in [0, 0.1) is 5.82 Å². The SMILES string of the molecule is COc1ccc(OC)c(NC(N)=NCc2ccc(N3CCOCC3)c(F)c2)c1. The number of methoxy groups -OCH3 is 2. The lowest BCUT2D eigenvalue weighted by Crippen LogP contribution is -2.36. The highest BCUT2D eigenvalue weighted by molar-refractivity contribution is 5.94. The second-order valence-corrected chi connectivity index (χ2v) is 6.28. The minimum Gasteiger partial charge on any atom is -0.497 e. The molecule has 1 saturated heterocycles. The molecule has 0 spiro atoms. The molecule has 0 radical (unpaired) electrons. The summed E-state index contributed by atoms with van der Waals surface area (Å²) in [6.07, 6.45) is 0. The van der Waals surface area contributed by atoms with Gasteiger partial charge in [-0.1, -0.05) is 6.07 Å². The van der Waals surface area contributed by atoms with Crippen LogP contribution >= 0.6 is 0 Å². The molecule has 0 atom stereocenters. The summed E-state index contributed by atoms with van der Waals surface area (Å²) >= 11 is 0. The van der Waals surface area contributed by atoms with Gasteiger partial charge in [-0.3, -0.25) is 0 Å². The zero-order valence-corrected chi connectivity index (χ0v) is 16.1. The molecule has 7 nitrogen and oxygen atoms in total. The summed E-state index contributed by atoms with van der Waals surface area (Å²) in [4.78, 5) is 6.27. The first-order valence-electron chi connectivity index (χ1n) is 9.01. The molecule has 0 aliphatic carbocycles. The Balaban J connectivity index is 1.67. The minimum atomic E-state index is -0.268. The first-order chi connectivity index (χ1) is 13.6. The predicted molar refractivity (Wildman–Crippen MR) is 108 cm³/mol. The molecule has 1 heterocycles. The number of anilines is 2. The first-order valence-corrected chi connectivity index (χ1v) is 9.01. The molecule has 0 amide bonds. The van der Waals surface area contributed by atoms with Crippen LogP contribution in [0.5, 0.6) is 11.5 Å². The van der Waals surface area contributed by atoms with E-state index in [1.54, 1.807) is 38.5 Å². The lowest BCUT2D eigenvalue weighted by Gasteiger charge is -2.29. The summed E-state index contributed by atoms with van der Waals surface area (Å²) in [7, 11) is 3.15. The van der Waals surface area contributed by atoms with E-state index in [1.165, 1.54) is 6.07 Å². The van der Waals surface area contributed by atoms with E-state index < -0.39 is 0 Å². The first kappa shape index (κ1) is 19.8.